The molecule has 3 N–H and O–H groups in total. The minimum atomic E-state index is -4.20. The summed E-state index contributed by atoms with van der Waals surface area (Å²) >= 11 is 0. The Hall–Kier alpha value is -1.14. The number of anilines is 1. The minimum absolute atomic E-state index is 0.0602. The van der Waals surface area contributed by atoms with E-state index in [4.69, 9.17) is 10.3 Å². The molecule has 6 heteroatoms. The van der Waals surface area contributed by atoms with Gasteiger partial charge in [0.15, 0.2) is 0 Å². The maximum absolute atomic E-state index is 10.5. The van der Waals surface area contributed by atoms with Crippen LogP contribution in [0.3, 0.4) is 0 Å². The van der Waals surface area contributed by atoms with Gasteiger partial charge in [-0.1, -0.05) is 0 Å². The van der Waals surface area contributed by atoms with Crippen molar-refractivity contribution in [1.29, 1.82) is 0 Å². The van der Waals surface area contributed by atoms with Gasteiger partial charge in [0.25, 0.3) is 10.1 Å². The first-order valence-corrected chi connectivity index (χ1v) is 4.13. The van der Waals surface area contributed by atoms with Crippen molar-refractivity contribution in [3.05, 3.63) is 18.5 Å². The summed E-state index contributed by atoms with van der Waals surface area (Å²) in [5, 5.41) is 0. The molecule has 0 aromatic carbocycles. The molecule has 11 heavy (non-hydrogen) atoms. The summed E-state index contributed by atoms with van der Waals surface area (Å²) in [5.74, 6) is 0. The predicted molar refractivity (Wildman–Crippen MR) is 38.5 cm³/mol. The van der Waals surface area contributed by atoms with Gasteiger partial charge in [-0.3, -0.25) is 9.54 Å². The maximum Gasteiger partial charge on any atom is 0.296 e. The Kier molecular flexibility index (Phi) is 1.79. The molecule has 1 aromatic rings. The van der Waals surface area contributed by atoms with Crippen molar-refractivity contribution in [1.82, 2.24) is 4.98 Å². The lowest BCUT2D eigenvalue weighted by Gasteiger charge is -1.98. The molecule has 0 spiro atoms. The van der Waals surface area contributed by atoms with Gasteiger partial charge in [-0.15, -0.1) is 0 Å². The largest absolute Gasteiger partial charge is 0.396 e. The molecule has 1 aromatic heterocycles. The van der Waals surface area contributed by atoms with Gasteiger partial charge >= 0.3 is 0 Å². The van der Waals surface area contributed by atoms with E-state index in [1.807, 2.05) is 0 Å². The first kappa shape index (κ1) is 7.96. The number of rotatable bonds is 1. The number of nitrogen functional groups attached to an aromatic ring is 1. The third kappa shape index (κ3) is 1.66. The number of pyridine rings is 1. The van der Waals surface area contributed by atoms with Crippen molar-refractivity contribution in [2.24, 2.45) is 0 Å². The van der Waals surface area contributed by atoms with Gasteiger partial charge in [0.2, 0.25) is 0 Å². The van der Waals surface area contributed by atoms with E-state index in [2.05, 4.69) is 4.98 Å². The van der Waals surface area contributed by atoms with Crippen molar-refractivity contribution >= 4 is 15.8 Å². The fraction of sp³-hybridized carbons (Fsp3) is 0. The van der Waals surface area contributed by atoms with Crippen LogP contribution in [0.2, 0.25) is 0 Å². The summed E-state index contributed by atoms with van der Waals surface area (Å²) in [5.41, 5.74) is 5.14. The molecule has 0 unspecified atom stereocenters. The zero-order chi connectivity index (χ0) is 8.48. The van der Waals surface area contributed by atoms with Crippen molar-refractivity contribution in [2.75, 3.05) is 5.73 Å². The van der Waals surface area contributed by atoms with Crippen molar-refractivity contribution in [3.8, 4) is 0 Å². The van der Waals surface area contributed by atoms with Crippen LogP contribution in [0.25, 0.3) is 0 Å². The molecule has 0 radical (unpaired) electrons. The summed E-state index contributed by atoms with van der Waals surface area (Å²) in [4.78, 5) is 3.25. The Bertz CT molecular complexity index is 360. The van der Waals surface area contributed by atoms with E-state index in [0.717, 1.165) is 12.3 Å². The highest BCUT2D eigenvalue weighted by atomic mass is 32.2. The molecule has 0 bridgehead atoms. The Morgan fingerprint density at radius 3 is 2.55 bits per heavy atom. The van der Waals surface area contributed by atoms with Gasteiger partial charge in [-0.2, -0.15) is 8.42 Å². The van der Waals surface area contributed by atoms with E-state index < -0.39 is 10.1 Å². The highest BCUT2D eigenvalue weighted by Crippen LogP contribution is 2.14. The molecule has 5 nitrogen and oxygen atoms in total. The first-order chi connectivity index (χ1) is 5.02. The van der Waals surface area contributed by atoms with E-state index in [0.29, 0.717) is 0 Å². The monoisotopic (exact) mass is 174 g/mol. The fourth-order valence-electron chi connectivity index (χ4n) is 0.629. The number of hydrogen-bond donors (Lipinski definition) is 2. The molecule has 0 amide bonds. The Balaban J connectivity index is 3.37. The summed E-state index contributed by atoms with van der Waals surface area (Å²) in [6.07, 6.45) is 2.39. The number of nitrogens with two attached hydrogens (primary N) is 1. The van der Waals surface area contributed by atoms with Gasteiger partial charge in [-0.05, 0) is 6.07 Å². The second-order valence-electron chi connectivity index (χ2n) is 1.89. The predicted octanol–water partition coefficient (Wildman–Crippen LogP) is -0.0895. The van der Waals surface area contributed by atoms with Gasteiger partial charge in [0.05, 0.1) is 11.9 Å². The third-order valence-electron chi connectivity index (χ3n) is 1.09. The van der Waals surface area contributed by atoms with Crippen LogP contribution in [-0.2, 0) is 10.1 Å². The van der Waals surface area contributed by atoms with E-state index in [9.17, 15) is 8.42 Å². The van der Waals surface area contributed by atoms with Crippen LogP contribution in [0.5, 0.6) is 0 Å². The molecular formula is C5H6N2O3S. The molecule has 0 fully saturated rings. The SMILES string of the molecule is Nc1cnccc1S(=O)(=O)O. The average Bonchev–Trinajstić information content (AvgIpc) is 1.86. The van der Waals surface area contributed by atoms with Gasteiger partial charge < -0.3 is 5.73 Å². The van der Waals surface area contributed by atoms with Crippen molar-refractivity contribution in [3.63, 3.8) is 0 Å². The molecule has 1 heterocycles. The number of nitrogens with zero attached hydrogens (tertiary/aromatic N) is 1. The Morgan fingerprint density at radius 1 is 1.55 bits per heavy atom. The molecular weight excluding hydrogens is 168 g/mol. The lowest BCUT2D eigenvalue weighted by atomic mass is 10.4. The molecule has 1 rings (SSSR count). The van der Waals surface area contributed by atoms with E-state index >= 15 is 0 Å². The number of aromatic nitrogens is 1. The zero-order valence-electron chi connectivity index (χ0n) is 5.43. The van der Waals surface area contributed by atoms with Crippen LogP contribution in [0.15, 0.2) is 23.4 Å². The normalized spacial score (nSPS) is 11.4. The average molecular weight is 174 g/mol. The lowest BCUT2D eigenvalue weighted by Crippen LogP contribution is -2.02. The van der Waals surface area contributed by atoms with Gasteiger partial charge in [0, 0.05) is 6.20 Å². The van der Waals surface area contributed by atoms with Crippen LogP contribution >= 0.6 is 0 Å². The minimum Gasteiger partial charge on any atom is -0.396 e. The second kappa shape index (κ2) is 2.48. The van der Waals surface area contributed by atoms with E-state index in [1.165, 1.54) is 6.20 Å². The first-order valence-electron chi connectivity index (χ1n) is 2.69. The standard InChI is InChI=1S/C5H6N2O3S/c6-4-3-7-2-1-5(4)11(8,9)10/h1-3H,6H2,(H,8,9,10). The van der Waals surface area contributed by atoms with Crippen molar-refractivity contribution < 1.29 is 13.0 Å². The van der Waals surface area contributed by atoms with Crippen molar-refractivity contribution in [2.45, 2.75) is 4.90 Å². The smallest absolute Gasteiger partial charge is 0.296 e. The van der Waals surface area contributed by atoms with E-state index in [1.54, 1.807) is 0 Å². The lowest BCUT2D eigenvalue weighted by molar-refractivity contribution is 0.483. The fourth-order valence-corrected chi connectivity index (χ4v) is 1.21. The highest BCUT2D eigenvalue weighted by Gasteiger charge is 2.11. The second-order valence-corrected chi connectivity index (χ2v) is 3.28. The highest BCUT2D eigenvalue weighted by molar-refractivity contribution is 7.86. The quantitative estimate of drug-likeness (QED) is 0.580. The van der Waals surface area contributed by atoms with E-state index in [-0.39, 0.29) is 10.6 Å². The molecule has 0 atom stereocenters. The molecule has 0 aliphatic carbocycles. The Morgan fingerprint density at radius 2 is 2.18 bits per heavy atom. The van der Waals surface area contributed by atoms with Crippen LogP contribution in [-0.4, -0.2) is 18.0 Å². The number of hydrogen-bond acceptors (Lipinski definition) is 4. The van der Waals surface area contributed by atoms with Crippen LogP contribution in [0, 0.1) is 0 Å². The molecule has 0 aliphatic heterocycles. The zero-order valence-corrected chi connectivity index (χ0v) is 6.25. The van der Waals surface area contributed by atoms with Gasteiger partial charge in [0.1, 0.15) is 4.90 Å². The van der Waals surface area contributed by atoms with Gasteiger partial charge in [-0.25, -0.2) is 0 Å². The topological polar surface area (TPSA) is 93.3 Å². The summed E-state index contributed by atoms with van der Waals surface area (Å²) in [6, 6.07) is 1.13. The summed E-state index contributed by atoms with van der Waals surface area (Å²) < 4.78 is 29.5. The molecule has 60 valence electrons. The summed E-state index contributed by atoms with van der Waals surface area (Å²) in [6.45, 7) is 0. The van der Waals surface area contributed by atoms with Crippen LogP contribution < -0.4 is 5.73 Å². The maximum atomic E-state index is 10.5. The Labute approximate surface area is 63.6 Å². The molecule has 0 aliphatic rings. The summed E-state index contributed by atoms with van der Waals surface area (Å²) in [7, 11) is -4.20. The van der Waals surface area contributed by atoms with Crippen LogP contribution in [0.1, 0.15) is 0 Å². The third-order valence-corrected chi connectivity index (χ3v) is 2.02. The molecule has 0 saturated carbocycles. The molecule has 0 saturated heterocycles. The van der Waals surface area contributed by atoms with Crippen LogP contribution in [0.4, 0.5) is 5.69 Å².